The van der Waals surface area contributed by atoms with E-state index in [9.17, 15) is 4.79 Å². The fourth-order valence-corrected chi connectivity index (χ4v) is 2.90. The van der Waals surface area contributed by atoms with Gasteiger partial charge in [-0.15, -0.1) is 0 Å². The highest BCUT2D eigenvalue weighted by molar-refractivity contribution is 5.70. The molecule has 19 heavy (non-hydrogen) atoms. The number of aryl methyl sites for hydroxylation is 2. The van der Waals surface area contributed by atoms with Crippen molar-refractivity contribution in [3.63, 3.8) is 0 Å². The van der Waals surface area contributed by atoms with Crippen molar-refractivity contribution in [3.05, 3.63) is 17.5 Å². The topological polar surface area (TPSA) is 67.2 Å². The van der Waals surface area contributed by atoms with Crippen molar-refractivity contribution in [2.24, 2.45) is 18.9 Å². The minimum Gasteiger partial charge on any atom is -0.481 e. The van der Waals surface area contributed by atoms with Crippen molar-refractivity contribution in [2.45, 2.75) is 39.2 Å². The first kappa shape index (κ1) is 14.1. The molecule has 1 aromatic heterocycles. The van der Waals surface area contributed by atoms with Crippen molar-refractivity contribution in [1.29, 1.82) is 0 Å². The Kier molecular flexibility index (Phi) is 4.58. The summed E-state index contributed by atoms with van der Waals surface area (Å²) in [5.74, 6) is -0.528. The first-order chi connectivity index (χ1) is 9.11. The van der Waals surface area contributed by atoms with Crippen molar-refractivity contribution < 1.29 is 9.90 Å². The lowest BCUT2D eigenvalue weighted by Gasteiger charge is -2.16. The molecule has 0 spiro atoms. The number of nitrogens with zero attached hydrogens (tertiary/aromatic N) is 2. The molecule has 0 amide bonds. The van der Waals surface area contributed by atoms with Crippen molar-refractivity contribution >= 4 is 5.97 Å². The monoisotopic (exact) mass is 265 g/mol. The average molecular weight is 265 g/mol. The zero-order valence-electron chi connectivity index (χ0n) is 11.7. The van der Waals surface area contributed by atoms with Gasteiger partial charge in [0, 0.05) is 13.6 Å². The van der Waals surface area contributed by atoms with Gasteiger partial charge in [-0.3, -0.25) is 9.48 Å². The molecule has 0 saturated heterocycles. The summed E-state index contributed by atoms with van der Waals surface area (Å²) in [5.41, 5.74) is 2.25. The third-order valence-corrected chi connectivity index (χ3v) is 4.08. The molecule has 1 fully saturated rings. The van der Waals surface area contributed by atoms with E-state index < -0.39 is 5.97 Å². The number of nitrogens with one attached hydrogen (secondary N) is 1. The van der Waals surface area contributed by atoms with Crippen molar-refractivity contribution in [2.75, 3.05) is 6.54 Å². The number of rotatable bonds is 6. The van der Waals surface area contributed by atoms with Gasteiger partial charge in [-0.1, -0.05) is 13.3 Å². The van der Waals surface area contributed by atoms with Gasteiger partial charge in [-0.25, -0.2) is 0 Å². The number of carboxylic acids is 1. The van der Waals surface area contributed by atoms with E-state index in [1.807, 2.05) is 11.7 Å². The number of hydrogen-bond donors (Lipinski definition) is 2. The van der Waals surface area contributed by atoms with Gasteiger partial charge in [-0.05, 0) is 37.8 Å². The Labute approximate surface area is 114 Å². The molecular weight excluding hydrogens is 242 g/mol. The lowest BCUT2D eigenvalue weighted by Crippen LogP contribution is -2.29. The van der Waals surface area contributed by atoms with Gasteiger partial charge in [0.05, 0.1) is 17.3 Å². The minimum atomic E-state index is -0.641. The fraction of sp³-hybridized carbons (Fsp3) is 0.714. The van der Waals surface area contributed by atoms with Gasteiger partial charge in [0.2, 0.25) is 0 Å². The molecule has 1 heterocycles. The Morgan fingerprint density at radius 3 is 3.00 bits per heavy atom. The normalized spacial score (nSPS) is 22.8. The van der Waals surface area contributed by atoms with E-state index in [1.165, 1.54) is 0 Å². The molecule has 106 valence electrons. The van der Waals surface area contributed by atoms with Crippen LogP contribution in [0.1, 0.15) is 37.6 Å². The first-order valence-electron chi connectivity index (χ1n) is 7.07. The molecule has 0 radical (unpaired) electrons. The second-order valence-corrected chi connectivity index (χ2v) is 5.37. The van der Waals surface area contributed by atoms with Crippen LogP contribution < -0.4 is 5.32 Å². The lowest BCUT2D eigenvalue weighted by atomic mass is 9.96. The molecule has 2 rings (SSSR count). The molecule has 1 aromatic rings. The van der Waals surface area contributed by atoms with Crippen molar-refractivity contribution in [1.82, 2.24) is 15.1 Å². The number of hydrogen-bond acceptors (Lipinski definition) is 3. The lowest BCUT2D eigenvalue weighted by molar-refractivity contribution is -0.142. The maximum absolute atomic E-state index is 11.1. The Bertz CT molecular complexity index is 442. The number of aliphatic carboxylic acids is 1. The fourth-order valence-electron chi connectivity index (χ4n) is 2.90. The Balaban J connectivity index is 1.82. The molecule has 0 bridgehead atoms. The predicted molar refractivity (Wildman–Crippen MR) is 72.8 cm³/mol. The zero-order chi connectivity index (χ0) is 13.8. The van der Waals surface area contributed by atoms with Crippen molar-refractivity contribution in [3.8, 4) is 0 Å². The molecule has 2 atom stereocenters. The molecule has 1 aliphatic carbocycles. The van der Waals surface area contributed by atoms with E-state index >= 15 is 0 Å². The van der Waals surface area contributed by atoms with Crippen LogP contribution in [0.4, 0.5) is 0 Å². The molecule has 5 heteroatoms. The number of aromatic nitrogens is 2. The molecule has 1 saturated carbocycles. The molecule has 1 aliphatic rings. The van der Waals surface area contributed by atoms with Crippen LogP contribution in [0.2, 0.25) is 0 Å². The number of carbonyl (C=O) groups is 1. The molecule has 0 aliphatic heterocycles. The second kappa shape index (κ2) is 6.19. The van der Waals surface area contributed by atoms with Gasteiger partial charge in [0.15, 0.2) is 0 Å². The summed E-state index contributed by atoms with van der Waals surface area (Å²) >= 11 is 0. The predicted octanol–water partition coefficient (Wildman–Crippen LogP) is 1.57. The highest BCUT2D eigenvalue weighted by Gasteiger charge is 2.32. The molecule has 2 unspecified atom stereocenters. The summed E-state index contributed by atoms with van der Waals surface area (Å²) in [6.45, 7) is 3.63. The van der Waals surface area contributed by atoms with Crippen LogP contribution in [0.15, 0.2) is 6.07 Å². The largest absolute Gasteiger partial charge is 0.481 e. The molecule has 2 N–H and O–H groups in total. The molecular formula is C14H23N3O2. The van der Waals surface area contributed by atoms with Crippen LogP contribution in [0.5, 0.6) is 0 Å². The van der Waals surface area contributed by atoms with Crippen LogP contribution in [0.3, 0.4) is 0 Å². The van der Waals surface area contributed by atoms with Crippen LogP contribution in [0, 0.1) is 11.8 Å². The maximum Gasteiger partial charge on any atom is 0.306 e. The van der Waals surface area contributed by atoms with E-state index in [1.54, 1.807) is 0 Å². The summed E-state index contributed by atoms with van der Waals surface area (Å²) in [5, 5.41) is 16.9. The third-order valence-electron chi connectivity index (χ3n) is 4.08. The van der Waals surface area contributed by atoms with E-state index in [0.717, 1.165) is 50.2 Å². The summed E-state index contributed by atoms with van der Waals surface area (Å²) in [4.78, 5) is 11.1. The standard InChI is InChI=1S/C14H23N3O2/c1-3-11-7-12(17(2)16-11)9-15-8-10-5-4-6-13(10)14(18)19/h7,10,13,15H,3-6,8-9H2,1-2H3,(H,18,19). The van der Waals surface area contributed by atoms with E-state index in [4.69, 9.17) is 5.11 Å². The highest BCUT2D eigenvalue weighted by atomic mass is 16.4. The number of carboxylic acid groups (broad SMARTS) is 1. The highest BCUT2D eigenvalue weighted by Crippen LogP contribution is 2.31. The Morgan fingerprint density at radius 2 is 2.37 bits per heavy atom. The van der Waals surface area contributed by atoms with Crippen LogP contribution in [-0.2, 0) is 24.8 Å². The van der Waals surface area contributed by atoms with Gasteiger partial charge in [0.1, 0.15) is 0 Å². The first-order valence-corrected chi connectivity index (χ1v) is 7.07. The smallest absolute Gasteiger partial charge is 0.306 e. The van der Waals surface area contributed by atoms with Crippen LogP contribution in [0.25, 0.3) is 0 Å². The van der Waals surface area contributed by atoms with E-state index in [2.05, 4.69) is 23.4 Å². The quantitative estimate of drug-likeness (QED) is 0.819. The van der Waals surface area contributed by atoms with Crippen LogP contribution in [-0.4, -0.2) is 27.4 Å². The van der Waals surface area contributed by atoms with E-state index in [0.29, 0.717) is 0 Å². The Morgan fingerprint density at radius 1 is 1.58 bits per heavy atom. The van der Waals surface area contributed by atoms with Crippen LogP contribution >= 0.6 is 0 Å². The summed E-state index contributed by atoms with van der Waals surface area (Å²) < 4.78 is 1.90. The van der Waals surface area contributed by atoms with Gasteiger partial charge >= 0.3 is 5.97 Å². The zero-order valence-corrected chi connectivity index (χ0v) is 11.7. The minimum absolute atomic E-state index is 0.162. The van der Waals surface area contributed by atoms with E-state index in [-0.39, 0.29) is 11.8 Å². The Hall–Kier alpha value is -1.36. The second-order valence-electron chi connectivity index (χ2n) is 5.37. The SMILES string of the molecule is CCc1cc(CNCC2CCCC2C(=O)O)n(C)n1. The van der Waals surface area contributed by atoms with Gasteiger partial charge in [0.25, 0.3) is 0 Å². The maximum atomic E-state index is 11.1. The van der Waals surface area contributed by atoms with Gasteiger partial charge < -0.3 is 10.4 Å². The summed E-state index contributed by atoms with van der Waals surface area (Å²) in [7, 11) is 1.95. The summed E-state index contributed by atoms with van der Waals surface area (Å²) in [6, 6.07) is 2.11. The average Bonchev–Trinajstić information content (AvgIpc) is 2.97. The third kappa shape index (κ3) is 3.35. The molecule has 0 aromatic carbocycles. The van der Waals surface area contributed by atoms with Gasteiger partial charge in [-0.2, -0.15) is 5.10 Å². The molecule has 5 nitrogen and oxygen atoms in total. The summed E-state index contributed by atoms with van der Waals surface area (Å²) in [6.07, 6.45) is 3.83.